The monoisotopic (exact) mass is 702 g/mol. The third-order valence-electron chi connectivity index (χ3n) is 12.1. The molecule has 3 heterocycles. The van der Waals surface area contributed by atoms with E-state index >= 15 is 0 Å². The summed E-state index contributed by atoms with van der Waals surface area (Å²) in [5, 5.41) is 8.32. The highest BCUT2D eigenvalue weighted by Crippen LogP contribution is 2.54. The molecule has 1 aliphatic rings. The molecule has 0 N–H and O–H groups in total. The van der Waals surface area contributed by atoms with E-state index < -0.39 is 0 Å². The quantitative estimate of drug-likeness (QED) is 0.184. The number of aromatic nitrogens is 4. The van der Waals surface area contributed by atoms with Crippen molar-refractivity contribution in [1.29, 1.82) is 0 Å². The summed E-state index contributed by atoms with van der Waals surface area (Å²) in [6.45, 7) is 4.71. The number of nitrogens with zero attached hydrogens (tertiary/aromatic N) is 4. The third kappa shape index (κ3) is 4.06. The van der Waals surface area contributed by atoms with Gasteiger partial charge in [-0.3, -0.25) is 4.57 Å². The molecule has 8 aromatic carbocycles. The average Bonchev–Trinajstić information content (AvgIpc) is 3.83. The Kier molecular flexibility index (Phi) is 6.09. The fourth-order valence-corrected chi connectivity index (χ4v) is 9.69. The molecule has 0 saturated carbocycles. The molecule has 0 saturated heterocycles. The van der Waals surface area contributed by atoms with E-state index in [0.29, 0.717) is 5.95 Å². The fraction of sp³-hybridized carbons (Fsp3) is 0.0588. The smallest absolute Gasteiger partial charge is 0.235 e. The Hall–Kier alpha value is -7.04. The van der Waals surface area contributed by atoms with Crippen molar-refractivity contribution in [2.45, 2.75) is 19.3 Å². The maximum absolute atomic E-state index is 5.55. The highest BCUT2D eigenvalue weighted by Gasteiger charge is 2.38. The minimum absolute atomic E-state index is 0.170. The fourth-order valence-electron chi connectivity index (χ4n) is 9.69. The first-order chi connectivity index (χ1) is 27.1. The van der Waals surface area contributed by atoms with Gasteiger partial charge in [-0.1, -0.05) is 159 Å². The predicted octanol–water partition coefficient (Wildman–Crippen LogP) is 13.0. The van der Waals surface area contributed by atoms with Crippen LogP contribution in [0.25, 0.3) is 99.3 Å². The SMILES string of the molecule is CC1(C)c2ccccc2-c2c1ccc1c3c4ccccc4c(-n4c5ccccc5c5ccccc54)cc3n(-c3nc(-c4ccccc4)c4ccccc4n3)c21. The Labute approximate surface area is 317 Å². The maximum atomic E-state index is 5.55. The van der Waals surface area contributed by atoms with Gasteiger partial charge in [0.15, 0.2) is 0 Å². The van der Waals surface area contributed by atoms with Crippen LogP contribution in [0.1, 0.15) is 25.0 Å². The lowest BCUT2D eigenvalue weighted by molar-refractivity contribution is 0.661. The first kappa shape index (κ1) is 30.4. The number of benzene rings is 8. The molecule has 0 unspecified atom stereocenters. The Morgan fingerprint density at radius 3 is 1.84 bits per heavy atom. The number of hydrogen-bond donors (Lipinski definition) is 0. The number of rotatable bonds is 3. The Morgan fingerprint density at radius 1 is 0.455 bits per heavy atom. The van der Waals surface area contributed by atoms with Gasteiger partial charge in [-0.15, -0.1) is 0 Å². The first-order valence-corrected chi connectivity index (χ1v) is 19.0. The molecule has 0 aliphatic heterocycles. The molecule has 11 aromatic rings. The van der Waals surface area contributed by atoms with Crippen LogP contribution in [0.5, 0.6) is 0 Å². The van der Waals surface area contributed by atoms with Gasteiger partial charge in [0.05, 0.1) is 39.0 Å². The zero-order valence-corrected chi connectivity index (χ0v) is 30.5. The maximum Gasteiger partial charge on any atom is 0.235 e. The lowest BCUT2D eigenvalue weighted by atomic mass is 9.82. The van der Waals surface area contributed by atoms with Crippen molar-refractivity contribution in [3.05, 3.63) is 181 Å². The molecule has 0 fully saturated rings. The molecule has 258 valence electrons. The van der Waals surface area contributed by atoms with Crippen LogP contribution < -0.4 is 0 Å². The average molecular weight is 703 g/mol. The molecule has 55 heavy (non-hydrogen) atoms. The Morgan fingerprint density at radius 2 is 1.07 bits per heavy atom. The Bertz CT molecular complexity index is 3350. The standard InChI is InChI=1S/C51H34N4/c1-51(2)39-24-12-8-22-36(39)47-40(51)29-28-38-46-35-21-7-6-20-34(35)44(54-42-26-14-10-18-32(42)33-19-11-15-27-43(33)54)30-45(46)55(49(38)47)50-52-41-25-13-9-23-37(41)48(53-50)31-16-4-3-5-17-31/h3-30H,1-2H3. The molecule has 0 radical (unpaired) electrons. The van der Waals surface area contributed by atoms with Crippen LogP contribution in [0.15, 0.2) is 170 Å². The number of para-hydroxylation sites is 3. The summed E-state index contributed by atoms with van der Waals surface area (Å²) in [7, 11) is 0. The molecule has 1 aliphatic carbocycles. The number of hydrogen-bond acceptors (Lipinski definition) is 2. The summed E-state index contributed by atoms with van der Waals surface area (Å²) in [5.41, 5.74) is 13.6. The second-order valence-corrected chi connectivity index (χ2v) is 15.4. The van der Waals surface area contributed by atoms with E-state index in [2.05, 4.69) is 193 Å². The van der Waals surface area contributed by atoms with E-state index in [1.54, 1.807) is 0 Å². The van der Waals surface area contributed by atoms with Gasteiger partial charge in [0.1, 0.15) is 0 Å². The molecule has 4 nitrogen and oxygen atoms in total. The van der Waals surface area contributed by atoms with Gasteiger partial charge in [0.25, 0.3) is 0 Å². The second kappa shape index (κ2) is 11.0. The predicted molar refractivity (Wildman–Crippen MR) is 229 cm³/mol. The van der Waals surface area contributed by atoms with Gasteiger partial charge in [0.2, 0.25) is 5.95 Å². The van der Waals surface area contributed by atoms with Crippen LogP contribution in [-0.2, 0) is 5.41 Å². The molecular formula is C51H34N4. The van der Waals surface area contributed by atoms with Crippen LogP contribution in [0.4, 0.5) is 0 Å². The summed E-state index contributed by atoms with van der Waals surface area (Å²) in [6.07, 6.45) is 0. The van der Waals surface area contributed by atoms with Crippen molar-refractivity contribution in [2.75, 3.05) is 0 Å². The van der Waals surface area contributed by atoms with Crippen molar-refractivity contribution in [2.24, 2.45) is 0 Å². The summed E-state index contributed by atoms with van der Waals surface area (Å²) in [6, 6.07) is 61.4. The van der Waals surface area contributed by atoms with E-state index in [0.717, 1.165) is 38.9 Å². The van der Waals surface area contributed by atoms with Crippen LogP contribution in [-0.4, -0.2) is 19.1 Å². The first-order valence-electron chi connectivity index (χ1n) is 19.0. The molecule has 0 spiro atoms. The molecule has 0 atom stereocenters. The molecule has 4 heteroatoms. The topological polar surface area (TPSA) is 35.6 Å². The van der Waals surface area contributed by atoms with Crippen molar-refractivity contribution < 1.29 is 0 Å². The highest BCUT2D eigenvalue weighted by molar-refractivity contribution is 6.26. The van der Waals surface area contributed by atoms with Crippen LogP contribution in [0.2, 0.25) is 0 Å². The van der Waals surface area contributed by atoms with Crippen LogP contribution in [0, 0.1) is 0 Å². The summed E-state index contributed by atoms with van der Waals surface area (Å²) >= 11 is 0. The van der Waals surface area contributed by atoms with Crippen molar-refractivity contribution in [1.82, 2.24) is 19.1 Å². The van der Waals surface area contributed by atoms with Crippen LogP contribution in [0.3, 0.4) is 0 Å². The minimum Gasteiger partial charge on any atom is -0.309 e. The summed E-state index contributed by atoms with van der Waals surface area (Å²) in [4.78, 5) is 11.0. The van der Waals surface area contributed by atoms with Crippen LogP contribution >= 0.6 is 0 Å². The lowest BCUT2D eigenvalue weighted by Gasteiger charge is -2.21. The van der Waals surface area contributed by atoms with Crippen molar-refractivity contribution in [3.8, 4) is 34.0 Å². The zero-order chi connectivity index (χ0) is 36.4. The van der Waals surface area contributed by atoms with Gasteiger partial charge < -0.3 is 4.57 Å². The lowest BCUT2D eigenvalue weighted by Crippen LogP contribution is -2.14. The van der Waals surface area contributed by atoms with E-state index in [4.69, 9.17) is 9.97 Å². The zero-order valence-electron chi connectivity index (χ0n) is 30.5. The molecule has 0 bridgehead atoms. The number of fused-ring (bicyclic) bond motifs is 13. The minimum atomic E-state index is -0.170. The molecule has 12 rings (SSSR count). The van der Waals surface area contributed by atoms with Gasteiger partial charge in [-0.2, -0.15) is 0 Å². The van der Waals surface area contributed by atoms with E-state index in [1.165, 1.54) is 65.6 Å². The molecule has 3 aromatic heterocycles. The van der Waals surface area contributed by atoms with E-state index in [-0.39, 0.29) is 5.41 Å². The summed E-state index contributed by atoms with van der Waals surface area (Å²) < 4.78 is 4.83. The Balaban J connectivity index is 1.32. The van der Waals surface area contributed by atoms with Gasteiger partial charge in [0, 0.05) is 48.9 Å². The summed E-state index contributed by atoms with van der Waals surface area (Å²) in [5.74, 6) is 0.664. The molecule has 0 amide bonds. The van der Waals surface area contributed by atoms with Crippen molar-refractivity contribution >= 4 is 65.3 Å². The van der Waals surface area contributed by atoms with E-state index in [1.807, 2.05) is 0 Å². The van der Waals surface area contributed by atoms with Gasteiger partial charge in [-0.25, -0.2) is 9.97 Å². The largest absolute Gasteiger partial charge is 0.309 e. The highest BCUT2D eigenvalue weighted by atomic mass is 15.2. The third-order valence-corrected chi connectivity index (χ3v) is 12.1. The molecular weight excluding hydrogens is 669 g/mol. The normalized spacial score (nSPS) is 13.4. The second-order valence-electron chi connectivity index (χ2n) is 15.4. The van der Waals surface area contributed by atoms with Crippen molar-refractivity contribution in [3.63, 3.8) is 0 Å². The van der Waals surface area contributed by atoms with Gasteiger partial charge in [-0.05, 0) is 46.3 Å². The van der Waals surface area contributed by atoms with Gasteiger partial charge >= 0.3 is 0 Å². The van der Waals surface area contributed by atoms with E-state index in [9.17, 15) is 0 Å².